The number of halogens is 1. The molecule has 0 saturated carbocycles. The minimum atomic E-state index is 0.428. The Kier molecular flexibility index (Phi) is 3.29. The number of aromatic nitrogens is 6. The maximum absolute atomic E-state index is 6.15. The lowest BCUT2D eigenvalue weighted by molar-refractivity contribution is 0.730. The highest BCUT2D eigenvalue weighted by atomic mass is 35.5. The van der Waals surface area contributed by atoms with E-state index in [4.69, 9.17) is 11.6 Å². The minimum Gasteiger partial charge on any atom is -0.365 e. The minimum absolute atomic E-state index is 0.428. The number of hydrogen-bond acceptors (Lipinski definition) is 5. The fourth-order valence-corrected chi connectivity index (χ4v) is 2.52. The summed E-state index contributed by atoms with van der Waals surface area (Å²) in [5.41, 5.74) is 4.15. The van der Waals surface area contributed by atoms with E-state index >= 15 is 0 Å². The van der Waals surface area contributed by atoms with Gasteiger partial charge in [-0.15, -0.1) is 0 Å². The van der Waals surface area contributed by atoms with Gasteiger partial charge in [0.05, 0.1) is 5.69 Å². The van der Waals surface area contributed by atoms with Crippen LogP contribution in [0.3, 0.4) is 0 Å². The van der Waals surface area contributed by atoms with Crippen molar-refractivity contribution in [3.63, 3.8) is 0 Å². The van der Waals surface area contributed by atoms with Crippen molar-refractivity contribution >= 4 is 23.2 Å². The van der Waals surface area contributed by atoms with Crippen LogP contribution in [0.5, 0.6) is 0 Å². The van der Waals surface area contributed by atoms with Gasteiger partial charge in [-0.2, -0.15) is 24.7 Å². The maximum atomic E-state index is 6.15. The fraction of sp³-hybridized carbons (Fsp3) is 0.385. The molecule has 0 atom stereocenters. The fourth-order valence-electron chi connectivity index (χ4n) is 2.35. The number of nitrogens with one attached hydrogen (secondary N) is 1. The van der Waals surface area contributed by atoms with Crippen LogP contribution in [0.1, 0.15) is 22.5 Å². The highest BCUT2D eigenvalue weighted by Crippen LogP contribution is 2.23. The van der Waals surface area contributed by atoms with Gasteiger partial charge in [0, 0.05) is 30.4 Å². The first-order valence-corrected chi connectivity index (χ1v) is 6.95. The van der Waals surface area contributed by atoms with E-state index < -0.39 is 0 Å². The van der Waals surface area contributed by atoms with Gasteiger partial charge in [-0.25, -0.2) is 0 Å². The molecule has 0 saturated heterocycles. The van der Waals surface area contributed by atoms with Crippen LogP contribution in [0.2, 0.25) is 5.15 Å². The summed E-state index contributed by atoms with van der Waals surface area (Å²) in [6, 6.07) is 0. The predicted octanol–water partition coefficient (Wildman–Crippen LogP) is 2.05. The summed E-state index contributed by atoms with van der Waals surface area (Å²) in [4.78, 5) is 8.26. The molecule has 110 valence electrons. The SMILES string of the molecule is Cc1nn(C)c(C)c1CNc1c(C)c(Cl)nc2ncnn12. The van der Waals surface area contributed by atoms with Crippen LogP contribution in [0.25, 0.3) is 5.78 Å². The molecule has 7 nitrogen and oxygen atoms in total. The first kappa shape index (κ1) is 13.8. The van der Waals surface area contributed by atoms with Gasteiger partial charge in [-0.3, -0.25) is 4.68 Å². The summed E-state index contributed by atoms with van der Waals surface area (Å²) >= 11 is 6.15. The molecular formula is C13H16ClN7. The van der Waals surface area contributed by atoms with Crippen LogP contribution in [-0.4, -0.2) is 29.4 Å². The van der Waals surface area contributed by atoms with Gasteiger partial charge >= 0.3 is 0 Å². The van der Waals surface area contributed by atoms with Gasteiger partial charge in [0.1, 0.15) is 17.3 Å². The molecule has 3 aromatic heterocycles. The molecule has 3 aromatic rings. The van der Waals surface area contributed by atoms with E-state index in [1.165, 1.54) is 6.33 Å². The highest BCUT2D eigenvalue weighted by molar-refractivity contribution is 6.30. The quantitative estimate of drug-likeness (QED) is 0.750. The summed E-state index contributed by atoms with van der Waals surface area (Å²) in [6.07, 6.45) is 1.46. The molecule has 1 N–H and O–H groups in total. The Bertz CT molecular complexity index is 818. The summed E-state index contributed by atoms with van der Waals surface area (Å²) < 4.78 is 3.53. The van der Waals surface area contributed by atoms with E-state index in [1.807, 2.05) is 25.6 Å². The third-order valence-corrected chi connectivity index (χ3v) is 4.06. The zero-order valence-electron chi connectivity index (χ0n) is 12.3. The molecule has 0 aliphatic heterocycles. The average molecular weight is 306 g/mol. The van der Waals surface area contributed by atoms with Crippen molar-refractivity contribution in [1.29, 1.82) is 0 Å². The van der Waals surface area contributed by atoms with Crippen molar-refractivity contribution in [2.45, 2.75) is 27.3 Å². The Labute approximate surface area is 127 Å². The summed E-state index contributed by atoms with van der Waals surface area (Å²) in [6.45, 7) is 6.60. The van der Waals surface area contributed by atoms with Crippen LogP contribution >= 0.6 is 11.6 Å². The van der Waals surface area contributed by atoms with E-state index in [1.54, 1.807) is 4.52 Å². The maximum Gasteiger partial charge on any atom is 0.255 e. The van der Waals surface area contributed by atoms with Gasteiger partial charge in [-0.05, 0) is 20.8 Å². The van der Waals surface area contributed by atoms with Crippen molar-refractivity contribution < 1.29 is 0 Å². The van der Waals surface area contributed by atoms with Crippen molar-refractivity contribution in [1.82, 2.24) is 29.4 Å². The van der Waals surface area contributed by atoms with Crippen LogP contribution in [0.15, 0.2) is 6.33 Å². The van der Waals surface area contributed by atoms with E-state index in [-0.39, 0.29) is 0 Å². The average Bonchev–Trinajstić information content (AvgIpc) is 2.98. The van der Waals surface area contributed by atoms with E-state index in [0.717, 1.165) is 28.3 Å². The first-order valence-electron chi connectivity index (χ1n) is 6.57. The molecule has 21 heavy (non-hydrogen) atoms. The summed E-state index contributed by atoms with van der Waals surface area (Å²) in [5, 5.41) is 12.4. The second-order valence-corrected chi connectivity index (χ2v) is 5.33. The number of fused-ring (bicyclic) bond motifs is 1. The van der Waals surface area contributed by atoms with Crippen molar-refractivity contribution in [2.75, 3.05) is 5.32 Å². The molecule has 0 bridgehead atoms. The van der Waals surface area contributed by atoms with Crippen molar-refractivity contribution in [3.05, 3.63) is 34.0 Å². The van der Waals surface area contributed by atoms with Gasteiger partial charge in [0.2, 0.25) is 0 Å². The van der Waals surface area contributed by atoms with Gasteiger partial charge < -0.3 is 5.32 Å². The molecule has 8 heteroatoms. The second-order valence-electron chi connectivity index (χ2n) is 4.97. The molecule has 0 aromatic carbocycles. The zero-order valence-corrected chi connectivity index (χ0v) is 13.1. The van der Waals surface area contributed by atoms with E-state index in [0.29, 0.717) is 17.5 Å². The molecule has 0 spiro atoms. The Hall–Kier alpha value is -2.15. The third-order valence-electron chi connectivity index (χ3n) is 3.70. The summed E-state index contributed by atoms with van der Waals surface area (Å²) in [5.74, 6) is 1.28. The second kappa shape index (κ2) is 5.00. The Morgan fingerprint density at radius 1 is 1.29 bits per heavy atom. The predicted molar refractivity (Wildman–Crippen MR) is 80.5 cm³/mol. The molecule has 0 unspecified atom stereocenters. The van der Waals surface area contributed by atoms with Gasteiger partial charge in [-0.1, -0.05) is 11.6 Å². The van der Waals surface area contributed by atoms with Crippen LogP contribution < -0.4 is 5.32 Å². The standard InChI is InChI=1S/C13H16ClN7/c1-7-11(14)18-13-16-6-17-21(13)12(7)15-5-10-8(2)19-20(4)9(10)3/h6,15H,5H2,1-4H3. The van der Waals surface area contributed by atoms with Crippen LogP contribution in [0, 0.1) is 20.8 Å². The Balaban J connectivity index is 1.98. The topological polar surface area (TPSA) is 72.9 Å². The van der Waals surface area contributed by atoms with E-state index in [2.05, 4.69) is 32.4 Å². The Morgan fingerprint density at radius 3 is 2.71 bits per heavy atom. The monoisotopic (exact) mass is 305 g/mol. The lowest BCUT2D eigenvalue weighted by atomic mass is 10.2. The smallest absolute Gasteiger partial charge is 0.255 e. The van der Waals surface area contributed by atoms with Crippen molar-refractivity contribution in [3.8, 4) is 0 Å². The molecule has 3 rings (SSSR count). The number of nitrogens with zero attached hydrogens (tertiary/aromatic N) is 6. The zero-order chi connectivity index (χ0) is 15.1. The first-order chi connectivity index (χ1) is 9.99. The molecule has 0 amide bonds. The highest BCUT2D eigenvalue weighted by Gasteiger charge is 2.14. The molecule has 0 radical (unpaired) electrons. The molecule has 3 heterocycles. The van der Waals surface area contributed by atoms with Crippen LogP contribution in [-0.2, 0) is 13.6 Å². The number of hydrogen-bond donors (Lipinski definition) is 1. The lowest BCUT2D eigenvalue weighted by Crippen LogP contribution is -2.10. The molecular weight excluding hydrogens is 290 g/mol. The third kappa shape index (κ3) is 2.23. The number of rotatable bonds is 3. The van der Waals surface area contributed by atoms with Gasteiger partial charge in [0.15, 0.2) is 0 Å². The van der Waals surface area contributed by atoms with E-state index in [9.17, 15) is 0 Å². The molecule has 0 aliphatic rings. The van der Waals surface area contributed by atoms with Crippen molar-refractivity contribution in [2.24, 2.45) is 7.05 Å². The number of aryl methyl sites for hydroxylation is 2. The Morgan fingerprint density at radius 2 is 2.05 bits per heavy atom. The summed E-state index contributed by atoms with van der Waals surface area (Å²) in [7, 11) is 1.94. The van der Waals surface area contributed by atoms with Crippen LogP contribution in [0.4, 0.5) is 5.82 Å². The lowest BCUT2D eigenvalue weighted by Gasteiger charge is -2.12. The molecule has 0 aliphatic carbocycles. The normalized spacial score (nSPS) is 11.3. The van der Waals surface area contributed by atoms with Gasteiger partial charge in [0.25, 0.3) is 5.78 Å². The largest absolute Gasteiger partial charge is 0.365 e. The molecule has 0 fully saturated rings. The number of anilines is 1.